The zero-order valence-corrected chi connectivity index (χ0v) is 22.8. The molecule has 0 saturated carbocycles. The molecule has 3 rings (SSSR count). The summed E-state index contributed by atoms with van der Waals surface area (Å²) in [6.07, 6.45) is 3.22. The lowest BCUT2D eigenvalue weighted by atomic mass is 9.84. The summed E-state index contributed by atoms with van der Waals surface area (Å²) in [5, 5.41) is 6.37. The van der Waals surface area contributed by atoms with Gasteiger partial charge >= 0.3 is 0 Å². The van der Waals surface area contributed by atoms with Crippen molar-refractivity contribution in [2.45, 2.75) is 37.5 Å². The number of nitrogens with one attached hydrogen (secondary N) is 2. The summed E-state index contributed by atoms with van der Waals surface area (Å²) in [5.74, 6) is -1.09. The number of aromatic nitrogens is 1. The van der Waals surface area contributed by atoms with Crippen molar-refractivity contribution in [3.63, 3.8) is 0 Å². The average molecular weight is 534 g/mol. The first-order valence-electron chi connectivity index (χ1n) is 11.2. The lowest BCUT2D eigenvalue weighted by molar-refractivity contribution is -0.115. The van der Waals surface area contributed by atoms with Gasteiger partial charge in [0.1, 0.15) is 17.5 Å². The number of amides is 1. The summed E-state index contributed by atoms with van der Waals surface area (Å²) >= 11 is 1.66. The second-order valence-electron chi connectivity index (χ2n) is 8.37. The molecular formula is C27H31F3N3OPS. The van der Waals surface area contributed by atoms with Crippen LogP contribution >= 0.6 is 21.0 Å². The minimum Gasteiger partial charge on any atom is -0.388 e. The van der Waals surface area contributed by atoms with E-state index in [0.29, 0.717) is 5.69 Å². The summed E-state index contributed by atoms with van der Waals surface area (Å²) in [4.78, 5) is 17.4. The van der Waals surface area contributed by atoms with Crippen molar-refractivity contribution in [1.82, 2.24) is 4.98 Å². The van der Waals surface area contributed by atoms with Crippen molar-refractivity contribution >= 4 is 43.6 Å². The average Bonchev–Trinajstić information content (AvgIpc) is 2.82. The van der Waals surface area contributed by atoms with Crippen LogP contribution in [0.3, 0.4) is 0 Å². The summed E-state index contributed by atoms with van der Waals surface area (Å²) in [6, 6.07) is 10.5. The van der Waals surface area contributed by atoms with Gasteiger partial charge in [0.05, 0.1) is 6.42 Å². The number of halogens is 3. The highest BCUT2D eigenvalue weighted by molar-refractivity contribution is 7.99. The summed E-state index contributed by atoms with van der Waals surface area (Å²) < 4.78 is 41.2. The Kier molecular flexibility index (Phi) is 11.0. The van der Waals surface area contributed by atoms with Gasteiger partial charge in [-0.15, -0.1) is 27.6 Å². The van der Waals surface area contributed by atoms with Gasteiger partial charge in [-0.25, -0.2) is 13.2 Å². The smallest absolute Gasteiger partial charge is 0.230 e. The Labute approximate surface area is 217 Å². The molecule has 0 aliphatic carbocycles. The van der Waals surface area contributed by atoms with Crippen molar-refractivity contribution in [3.05, 3.63) is 90.0 Å². The van der Waals surface area contributed by atoms with Gasteiger partial charge in [0.25, 0.3) is 0 Å². The van der Waals surface area contributed by atoms with Crippen LogP contribution in [-0.4, -0.2) is 23.7 Å². The Morgan fingerprint density at radius 1 is 1.14 bits per heavy atom. The molecule has 9 heteroatoms. The van der Waals surface area contributed by atoms with Gasteiger partial charge in [0, 0.05) is 46.2 Å². The van der Waals surface area contributed by atoms with Crippen molar-refractivity contribution in [2.75, 3.05) is 23.4 Å². The maximum absolute atomic E-state index is 14.3. The maximum atomic E-state index is 14.3. The van der Waals surface area contributed by atoms with Crippen molar-refractivity contribution in [1.29, 1.82) is 0 Å². The van der Waals surface area contributed by atoms with E-state index in [9.17, 15) is 18.0 Å². The fraction of sp³-hybridized carbons (Fsp3) is 0.259. The van der Waals surface area contributed by atoms with Crippen LogP contribution in [-0.2, 0) is 16.6 Å². The Hall–Kier alpha value is -2.83. The molecule has 2 aromatic carbocycles. The molecule has 0 aliphatic heterocycles. The number of carbonyl (C=O) groups excluding carboxylic acids is 1. The molecule has 1 heterocycles. The third kappa shape index (κ3) is 8.38. The van der Waals surface area contributed by atoms with E-state index < -0.39 is 17.0 Å². The number of carbonyl (C=O) groups is 1. The summed E-state index contributed by atoms with van der Waals surface area (Å²) in [5.41, 5.74) is 0.556. The number of allylic oxidation sites excluding steroid dienone is 1. The molecular weight excluding hydrogens is 502 g/mol. The number of anilines is 2. The summed E-state index contributed by atoms with van der Waals surface area (Å²) in [7, 11) is 4.29. The van der Waals surface area contributed by atoms with E-state index in [0.717, 1.165) is 33.8 Å². The molecule has 0 saturated heterocycles. The highest BCUT2D eigenvalue weighted by Crippen LogP contribution is 2.31. The molecule has 192 valence electrons. The second-order valence-corrected chi connectivity index (χ2v) is 10.3. The lowest BCUT2D eigenvalue weighted by Crippen LogP contribution is -2.19. The number of pyridine rings is 1. The number of benzene rings is 2. The highest BCUT2D eigenvalue weighted by Gasteiger charge is 2.25. The van der Waals surface area contributed by atoms with E-state index in [1.807, 2.05) is 13.0 Å². The topological polar surface area (TPSA) is 54.0 Å². The van der Waals surface area contributed by atoms with E-state index in [-0.39, 0.29) is 29.4 Å². The summed E-state index contributed by atoms with van der Waals surface area (Å²) in [6.45, 7) is 9.01. The van der Waals surface area contributed by atoms with Crippen LogP contribution in [0.5, 0.6) is 0 Å². The van der Waals surface area contributed by atoms with Crippen molar-refractivity contribution < 1.29 is 18.0 Å². The van der Waals surface area contributed by atoms with Gasteiger partial charge in [-0.3, -0.25) is 9.78 Å². The van der Waals surface area contributed by atoms with Crippen molar-refractivity contribution in [3.8, 4) is 0 Å². The van der Waals surface area contributed by atoms with Gasteiger partial charge in [-0.2, -0.15) is 0 Å². The molecule has 0 bridgehead atoms. The van der Waals surface area contributed by atoms with Crippen molar-refractivity contribution in [2.24, 2.45) is 0 Å². The third-order valence-corrected chi connectivity index (χ3v) is 6.58. The molecule has 4 nitrogen and oxygen atoms in total. The van der Waals surface area contributed by atoms with Gasteiger partial charge in [-0.1, -0.05) is 32.9 Å². The molecule has 1 unspecified atom stereocenters. The molecule has 36 heavy (non-hydrogen) atoms. The zero-order valence-electron chi connectivity index (χ0n) is 20.8. The van der Waals surface area contributed by atoms with Crippen LogP contribution < -0.4 is 15.9 Å². The van der Waals surface area contributed by atoms with Crippen LogP contribution in [0.25, 0.3) is 0 Å². The molecule has 0 spiro atoms. The normalized spacial score (nSPS) is 10.8. The van der Waals surface area contributed by atoms with E-state index in [2.05, 4.69) is 31.4 Å². The van der Waals surface area contributed by atoms with E-state index in [1.54, 1.807) is 51.0 Å². The second kappa shape index (κ2) is 13.5. The molecule has 2 N–H and O–H groups in total. The van der Waals surface area contributed by atoms with Gasteiger partial charge in [0.15, 0.2) is 0 Å². The monoisotopic (exact) mass is 533 g/mol. The number of hydrogen-bond donors (Lipinski definition) is 2. The first kappa shape index (κ1) is 29.4. The van der Waals surface area contributed by atoms with Crippen LogP contribution in [0.4, 0.5) is 24.5 Å². The van der Waals surface area contributed by atoms with Crippen LogP contribution in [0.15, 0.2) is 66.2 Å². The standard InChI is InChI=1S/C20H22F2N2OS.C7H9FNP/c1-5-20(3,4)19-16(21)9-14(10-17(19)22)24-18(25)11-13-7-8-15(12-23-13)26-6-2;1-9-6-4-5(8)2-3-7(6)10/h5,7-10,12H,1,6,11H2,2-4H3,(H,24,25);2-4,9H,10H2,1H3. The van der Waals surface area contributed by atoms with Crippen LogP contribution in [0.1, 0.15) is 32.0 Å². The first-order chi connectivity index (χ1) is 17.0. The first-order valence-corrected chi connectivity index (χ1v) is 12.8. The number of nitrogens with zero attached hydrogens (tertiary/aromatic N) is 1. The quantitative estimate of drug-likeness (QED) is 0.198. The van der Waals surface area contributed by atoms with Gasteiger partial charge in [-0.05, 0) is 47.5 Å². The fourth-order valence-corrected chi connectivity index (χ4v) is 4.19. The van der Waals surface area contributed by atoms with Gasteiger partial charge in [0.2, 0.25) is 5.91 Å². The Morgan fingerprint density at radius 3 is 2.31 bits per heavy atom. The molecule has 0 aliphatic rings. The Bertz CT molecular complexity index is 1180. The molecule has 1 atom stereocenters. The Balaban J connectivity index is 0.000000380. The third-order valence-electron chi connectivity index (χ3n) is 5.22. The zero-order chi connectivity index (χ0) is 26.9. The van der Waals surface area contributed by atoms with E-state index in [4.69, 9.17) is 0 Å². The van der Waals surface area contributed by atoms with Crippen LogP contribution in [0.2, 0.25) is 0 Å². The minimum absolute atomic E-state index is 0.0280. The predicted molar refractivity (Wildman–Crippen MR) is 148 cm³/mol. The largest absolute Gasteiger partial charge is 0.388 e. The predicted octanol–water partition coefficient (Wildman–Crippen LogP) is 6.48. The molecule has 1 aromatic heterocycles. The molecule has 3 aromatic rings. The number of rotatable bonds is 8. The number of hydrogen-bond acceptors (Lipinski definition) is 4. The molecule has 0 radical (unpaired) electrons. The fourth-order valence-electron chi connectivity index (χ4n) is 3.25. The van der Waals surface area contributed by atoms with Gasteiger partial charge < -0.3 is 10.6 Å². The minimum atomic E-state index is -0.848. The Morgan fingerprint density at radius 2 is 1.81 bits per heavy atom. The molecule has 0 fully saturated rings. The lowest BCUT2D eigenvalue weighted by Gasteiger charge is -2.22. The van der Waals surface area contributed by atoms with Crippen LogP contribution in [0, 0.1) is 17.5 Å². The SMILES string of the molecule is C=CC(C)(C)c1c(F)cc(NC(=O)Cc2ccc(SCC)cn2)cc1F.CNc1cc(F)ccc1P. The number of thioether (sulfide) groups is 1. The van der Waals surface area contributed by atoms with E-state index in [1.165, 1.54) is 18.2 Å². The van der Waals surface area contributed by atoms with E-state index >= 15 is 0 Å². The maximum Gasteiger partial charge on any atom is 0.230 e. The highest BCUT2D eigenvalue weighted by atomic mass is 32.2. The molecule has 1 amide bonds.